The van der Waals surface area contributed by atoms with Crippen LogP contribution in [0.3, 0.4) is 0 Å². The van der Waals surface area contributed by atoms with Gasteiger partial charge in [0, 0.05) is 47.6 Å². The lowest BCUT2D eigenvalue weighted by atomic mass is 10.0. The van der Waals surface area contributed by atoms with Crippen molar-refractivity contribution in [2.24, 2.45) is 0 Å². The van der Waals surface area contributed by atoms with Crippen molar-refractivity contribution in [2.75, 3.05) is 0 Å². The highest BCUT2D eigenvalue weighted by Crippen LogP contribution is 2.40. The predicted molar refractivity (Wildman–Crippen MR) is 182 cm³/mol. The summed E-state index contributed by atoms with van der Waals surface area (Å²) in [4.78, 5) is 15.0. The first-order valence-electron chi connectivity index (χ1n) is 14.5. The van der Waals surface area contributed by atoms with Crippen molar-refractivity contribution in [1.29, 1.82) is 0 Å². The smallest absolute Gasteiger partial charge is 0.165 e. The van der Waals surface area contributed by atoms with Crippen LogP contribution in [-0.2, 0) is 0 Å². The first kappa shape index (κ1) is 24.9. The average molecular weight is 582 g/mol. The van der Waals surface area contributed by atoms with E-state index in [0.717, 1.165) is 49.8 Å². The molecule has 6 aromatic carbocycles. The number of nitrogens with zero attached hydrogens (tertiary/aromatic N) is 3. The van der Waals surface area contributed by atoms with Crippen molar-refractivity contribution in [1.82, 2.24) is 15.0 Å². The summed E-state index contributed by atoms with van der Waals surface area (Å²) in [7, 11) is 0. The number of aromatic nitrogens is 3. The molecule has 0 aliphatic carbocycles. The Labute approximate surface area is 256 Å². The second-order valence-electron chi connectivity index (χ2n) is 10.8. The van der Waals surface area contributed by atoms with Crippen LogP contribution in [0.2, 0.25) is 0 Å². The van der Waals surface area contributed by atoms with Gasteiger partial charge < -0.3 is 4.42 Å². The van der Waals surface area contributed by atoms with E-state index in [-0.39, 0.29) is 0 Å². The Morgan fingerprint density at radius 2 is 1.02 bits per heavy atom. The first-order chi connectivity index (χ1) is 21.8. The van der Waals surface area contributed by atoms with Crippen LogP contribution in [-0.4, -0.2) is 15.0 Å². The second-order valence-corrected chi connectivity index (χ2v) is 11.9. The summed E-state index contributed by atoms with van der Waals surface area (Å²) in [5, 5.41) is 4.72. The van der Waals surface area contributed by atoms with E-state index in [0.29, 0.717) is 17.5 Å². The van der Waals surface area contributed by atoms with Gasteiger partial charge >= 0.3 is 0 Å². The van der Waals surface area contributed by atoms with Crippen molar-refractivity contribution in [3.05, 3.63) is 140 Å². The molecule has 4 nitrogen and oxygen atoms in total. The van der Waals surface area contributed by atoms with Gasteiger partial charge in [0.25, 0.3) is 0 Å². The lowest BCUT2D eigenvalue weighted by molar-refractivity contribution is 0.669. The maximum Gasteiger partial charge on any atom is 0.165 e. The lowest BCUT2D eigenvalue weighted by Crippen LogP contribution is -2.00. The van der Waals surface area contributed by atoms with Crippen LogP contribution in [0.25, 0.3) is 87.4 Å². The predicted octanol–water partition coefficient (Wildman–Crippen LogP) is 10.8. The number of para-hydroxylation sites is 1. The van der Waals surface area contributed by atoms with Gasteiger partial charge in [-0.05, 0) is 41.5 Å². The van der Waals surface area contributed by atoms with Crippen LogP contribution in [0.5, 0.6) is 0 Å². The van der Waals surface area contributed by atoms with Crippen molar-refractivity contribution < 1.29 is 4.42 Å². The average Bonchev–Trinajstić information content (AvgIpc) is 3.67. The molecule has 0 N–H and O–H groups in total. The van der Waals surface area contributed by atoms with Gasteiger partial charge in [0.05, 0.1) is 0 Å². The van der Waals surface area contributed by atoms with Gasteiger partial charge in [-0.2, -0.15) is 0 Å². The monoisotopic (exact) mass is 581 g/mol. The van der Waals surface area contributed by atoms with Crippen LogP contribution in [0.1, 0.15) is 0 Å². The van der Waals surface area contributed by atoms with Gasteiger partial charge in [0.2, 0.25) is 0 Å². The summed E-state index contributed by atoms with van der Waals surface area (Å²) in [6.45, 7) is 0. The number of rotatable bonds is 4. The van der Waals surface area contributed by atoms with E-state index >= 15 is 0 Å². The normalized spacial score (nSPS) is 11.6. The molecule has 0 saturated heterocycles. The molecular weight excluding hydrogens is 559 g/mol. The van der Waals surface area contributed by atoms with E-state index in [9.17, 15) is 0 Å². The van der Waals surface area contributed by atoms with Crippen molar-refractivity contribution in [2.45, 2.75) is 0 Å². The standard InChI is InChI=1S/C39H23N3OS/c1-2-9-25(10-3-1)37-40-38(42-39(41-37)31-14-8-13-30-29-12-5-7-16-35(29)44-36(30)31)26-19-17-24(18-20-26)27-21-22-34-32(23-27)28-11-4-6-15-33(28)43-34/h1-23H. The van der Waals surface area contributed by atoms with Crippen LogP contribution in [0, 0.1) is 0 Å². The highest BCUT2D eigenvalue weighted by molar-refractivity contribution is 7.26. The molecule has 0 aliphatic heterocycles. The minimum atomic E-state index is 0.648. The Kier molecular flexibility index (Phi) is 5.64. The number of hydrogen-bond acceptors (Lipinski definition) is 5. The summed E-state index contributed by atoms with van der Waals surface area (Å²) in [5.74, 6) is 1.98. The Balaban J connectivity index is 1.17. The number of benzene rings is 6. The third kappa shape index (κ3) is 4.09. The molecule has 0 unspecified atom stereocenters. The molecule has 3 heterocycles. The van der Waals surface area contributed by atoms with E-state index in [2.05, 4.69) is 91.0 Å². The van der Waals surface area contributed by atoms with Gasteiger partial charge in [-0.25, -0.2) is 15.0 Å². The summed E-state index contributed by atoms with van der Waals surface area (Å²) < 4.78 is 8.47. The third-order valence-electron chi connectivity index (χ3n) is 8.17. The first-order valence-corrected chi connectivity index (χ1v) is 15.3. The molecule has 9 aromatic rings. The molecule has 0 aliphatic rings. The molecule has 0 atom stereocenters. The van der Waals surface area contributed by atoms with Crippen molar-refractivity contribution in [3.8, 4) is 45.3 Å². The minimum absolute atomic E-state index is 0.648. The Hall–Kier alpha value is -5.65. The quantitative estimate of drug-likeness (QED) is 0.207. The summed E-state index contributed by atoms with van der Waals surface area (Å²) >= 11 is 1.78. The van der Waals surface area contributed by atoms with Gasteiger partial charge in [-0.15, -0.1) is 11.3 Å². The van der Waals surface area contributed by atoms with Crippen LogP contribution in [0.15, 0.2) is 144 Å². The Morgan fingerprint density at radius 1 is 0.409 bits per heavy atom. The molecule has 5 heteroatoms. The minimum Gasteiger partial charge on any atom is -0.456 e. The summed E-state index contributed by atoms with van der Waals surface area (Å²) in [6.07, 6.45) is 0. The zero-order valence-electron chi connectivity index (χ0n) is 23.4. The molecular formula is C39H23N3OS. The van der Waals surface area contributed by atoms with E-state index in [1.165, 1.54) is 20.2 Å². The summed E-state index contributed by atoms with van der Waals surface area (Å²) in [6, 6.07) is 48.1. The van der Waals surface area contributed by atoms with Gasteiger partial charge in [-0.1, -0.05) is 109 Å². The molecule has 0 spiro atoms. The Morgan fingerprint density at radius 3 is 1.86 bits per heavy atom. The maximum absolute atomic E-state index is 6.04. The SMILES string of the molecule is c1ccc(-c2nc(-c3ccc(-c4ccc5oc6ccccc6c5c4)cc3)nc(-c3cccc4c3sc3ccccc34)n2)cc1. The third-order valence-corrected chi connectivity index (χ3v) is 9.39. The van der Waals surface area contributed by atoms with E-state index in [1.807, 2.05) is 48.5 Å². The molecule has 0 radical (unpaired) electrons. The fraction of sp³-hybridized carbons (Fsp3) is 0. The number of hydrogen-bond donors (Lipinski definition) is 0. The topological polar surface area (TPSA) is 51.8 Å². The van der Waals surface area contributed by atoms with Gasteiger partial charge in [0.15, 0.2) is 17.5 Å². The van der Waals surface area contributed by atoms with Crippen molar-refractivity contribution >= 4 is 53.4 Å². The van der Waals surface area contributed by atoms with Gasteiger partial charge in [0.1, 0.15) is 11.2 Å². The highest BCUT2D eigenvalue weighted by atomic mass is 32.1. The summed E-state index contributed by atoms with van der Waals surface area (Å²) in [5.41, 5.74) is 6.96. The Bertz CT molecular complexity index is 2490. The van der Waals surface area contributed by atoms with Crippen LogP contribution < -0.4 is 0 Å². The number of furan rings is 1. The second kappa shape index (κ2) is 9.97. The molecule has 3 aromatic heterocycles. The van der Waals surface area contributed by atoms with E-state index in [4.69, 9.17) is 19.4 Å². The largest absolute Gasteiger partial charge is 0.456 e. The fourth-order valence-electron chi connectivity index (χ4n) is 5.98. The lowest BCUT2D eigenvalue weighted by Gasteiger charge is -2.10. The van der Waals surface area contributed by atoms with Crippen LogP contribution in [0.4, 0.5) is 0 Å². The fourth-order valence-corrected chi connectivity index (χ4v) is 7.19. The maximum atomic E-state index is 6.04. The number of fused-ring (bicyclic) bond motifs is 6. The highest BCUT2D eigenvalue weighted by Gasteiger charge is 2.17. The van der Waals surface area contributed by atoms with Crippen LogP contribution >= 0.6 is 11.3 Å². The molecule has 0 fully saturated rings. The molecule has 0 saturated carbocycles. The molecule has 9 rings (SSSR count). The molecule has 0 amide bonds. The zero-order valence-corrected chi connectivity index (χ0v) is 24.3. The zero-order chi connectivity index (χ0) is 29.0. The van der Waals surface area contributed by atoms with E-state index in [1.54, 1.807) is 11.3 Å². The number of thiophene rings is 1. The molecule has 0 bridgehead atoms. The molecule has 44 heavy (non-hydrogen) atoms. The van der Waals surface area contributed by atoms with E-state index < -0.39 is 0 Å². The van der Waals surface area contributed by atoms with Gasteiger partial charge in [-0.3, -0.25) is 0 Å². The van der Waals surface area contributed by atoms with Crippen molar-refractivity contribution in [3.63, 3.8) is 0 Å². The molecule has 206 valence electrons.